The average molecular weight is 468 g/mol. The Morgan fingerprint density at radius 2 is 1.47 bits per heavy atom. The molecule has 3 nitrogen and oxygen atoms in total. The maximum absolute atomic E-state index is 12.6. The summed E-state index contributed by atoms with van der Waals surface area (Å²) < 4.78 is 6.89. The zero-order valence-corrected chi connectivity index (χ0v) is 20.1. The normalized spacial score (nSPS) is 16.3. The highest BCUT2D eigenvalue weighted by Crippen LogP contribution is 2.43. The van der Waals surface area contributed by atoms with Gasteiger partial charge in [-0.05, 0) is 65.2 Å². The third-order valence-electron chi connectivity index (χ3n) is 4.87. The zero-order chi connectivity index (χ0) is 22.3. The van der Waals surface area contributed by atoms with Gasteiger partial charge in [-0.3, -0.25) is 0 Å². The number of carbonyl (C=O) groups is 1. The topological polar surface area (TPSA) is 38.3 Å². The highest BCUT2D eigenvalue weighted by Gasteiger charge is 2.47. The fraction of sp³-hybridized carbons (Fsp3) is 0.269. The molecule has 3 aromatic carbocycles. The van der Waals surface area contributed by atoms with E-state index in [0.29, 0.717) is 5.56 Å². The van der Waals surface area contributed by atoms with Crippen molar-refractivity contribution in [3.8, 4) is 0 Å². The van der Waals surface area contributed by atoms with Crippen LogP contribution in [0, 0.1) is 13.8 Å². The average Bonchev–Trinajstić information content (AvgIpc) is 3.07. The van der Waals surface area contributed by atoms with Gasteiger partial charge in [0.1, 0.15) is 0 Å². The summed E-state index contributed by atoms with van der Waals surface area (Å²) in [6, 6.07) is 21.5. The number of hydrogen-bond donors (Lipinski definition) is 1. The molecular formula is C26H30BrNO2. The van der Waals surface area contributed by atoms with Crippen molar-refractivity contribution < 1.29 is 9.53 Å². The lowest BCUT2D eigenvalue weighted by Crippen LogP contribution is -2.37. The molecule has 158 valence electrons. The number of esters is 1. The Balaban J connectivity index is 0.000000757. The molecule has 4 heteroatoms. The Morgan fingerprint density at radius 3 is 2.13 bits per heavy atom. The smallest absolute Gasteiger partial charge is 0.341 e. The lowest BCUT2D eigenvalue weighted by atomic mass is 9.90. The lowest BCUT2D eigenvalue weighted by molar-refractivity contribution is 0.0212. The number of benzene rings is 3. The van der Waals surface area contributed by atoms with Crippen LogP contribution >= 0.6 is 15.9 Å². The van der Waals surface area contributed by atoms with E-state index in [0.717, 1.165) is 26.9 Å². The number of anilines is 1. The molecule has 1 aliphatic rings. The molecule has 1 N–H and O–H groups in total. The molecule has 0 bridgehead atoms. The molecule has 0 saturated carbocycles. The van der Waals surface area contributed by atoms with E-state index in [9.17, 15) is 4.79 Å². The second-order valence-electron chi connectivity index (χ2n) is 6.52. The number of cyclic esters (lactones) is 1. The van der Waals surface area contributed by atoms with Gasteiger partial charge in [-0.1, -0.05) is 70.2 Å². The SMILES string of the molecule is CC.CC.Cc1ccc(C2(Nc3ccccc3Br)OC(=O)c3ccccc32)cc1C. The molecule has 1 heterocycles. The molecule has 0 aliphatic carbocycles. The fourth-order valence-electron chi connectivity index (χ4n) is 3.31. The number of para-hydroxylation sites is 1. The van der Waals surface area contributed by atoms with Gasteiger partial charge in [-0.25, -0.2) is 4.79 Å². The van der Waals surface area contributed by atoms with E-state index in [1.165, 1.54) is 5.56 Å². The summed E-state index contributed by atoms with van der Waals surface area (Å²) in [7, 11) is 0. The van der Waals surface area contributed by atoms with Crippen LogP contribution in [0.2, 0.25) is 0 Å². The maximum atomic E-state index is 12.6. The standard InChI is InChI=1S/C22H18BrNO2.2C2H6/c1-14-11-12-16(13-15(14)2)22(24-20-10-6-5-9-19(20)23)18-8-4-3-7-17(18)21(25)26-22;2*1-2/h3-13,24H,1-2H3;2*1-2H3. The molecule has 0 saturated heterocycles. The van der Waals surface area contributed by atoms with Crippen LogP contribution in [0.4, 0.5) is 5.69 Å². The van der Waals surface area contributed by atoms with Crippen LogP contribution in [0.1, 0.15) is 60.3 Å². The van der Waals surface area contributed by atoms with Crippen molar-refractivity contribution in [1.82, 2.24) is 0 Å². The first-order chi connectivity index (χ1) is 14.5. The number of rotatable bonds is 3. The van der Waals surface area contributed by atoms with Crippen LogP contribution in [-0.2, 0) is 10.5 Å². The van der Waals surface area contributed by atoms with E-state index in [4.69, 9.17) is 4.74 Å². The van der Waals surface area contributed by atoms with E-state index in [1.807, 2.05) is 82.3 Å². The minimum atomic E-state index is -1.06. The van der Waals surface area contributed by atoms with Crippen LogP contribution in [0.5, 0.6) is 0 Å². The van der Waals surface area contributed by atoms with Gasteiger partial charge in [-0.2, -0.15) is 0 Å². The van der Waals surface area contributed by atoms with Crippen molar-refractivity contribution in [3.63, 3.8) is 0 Å². The molecule has 3 aromatic rings. The third kappa shape index (κ3) is 4.44. The second-order valence-corrected chi connectivity index (χ2v) is 7.37. The molecular weight excluding hydrogens is 438 g/mol. The van der Waals surface area contributed by atoms with Gasteiger partial charge < -0.3 is 10.1 Å². The minimum Gasteiger partial charge on any atom is -0.427 e. The number of hydrogen-bond acceptors (Lipinski definition) is 3. The minimum absolute atomic E-state index is 0.321. The summed E-state index contributed by atoms with van der Waals surface area (Å²) in [6.45, 7) is 12.1. The number of nitrogens with one attached hydrogen (secondary N) is 1. The molecule has 1 unspecified atom stereocenters. The molecule has 0 amide bonds. The van der Waals surface area contributed by atoms with Crippen LogP contribution in [0.15, 0.2) is 71.2 Å². The number of aryl methyl sites for hydroxylation is 2. The first-order valence-electron chi connectivity index (χ1n) is 10.4. The second kappa shape index (κ2) is 10.4. The Bertz CT molecular complexity index is 1020. The molecule has 1 atom stereocenters. The Kier molecular flexibility index (Phi) is 8.24. The van der Waals surface area contributed by atoms with E-state index in [-0.39, 0.29) is 5.97 Å². The Hall–Kier alpha value is -2.59. The van der Waals surface area contributed by atoms with Crippen LogP contribution < -0.4 is 5.32 Å². The first kappa shape index (κ1) is 23.7. The van der Waals surface area contributed by atoms with E-state index in [2.05, 4.69) is 47.2 Å². The molecule has 1 aliphatic heterocycles. The van der Waals surface area contributed by atoms with Gasteiger partial charge in [-0.15, -0.1) is 0 Å². The van der Waals surface area contributed by atoms with Gasteiger partial charge in [0, 0.05) is 15.6 Å². The molecule has 0 fully saturated rings. The third-order valence-corrected chi connectivity index (χ3v) is 5.56. The highest BCUT2D eigenvalue weighted by molar-refractivity contribution is 9.10. The van der Waals surface area contributed by atoms with E-state index < -0.39 is 5.72 Å². The highest BCUT2D eigenvalue weighted by atomic mass is 79.9. The number of halogens is 1. The summed E-state index contributed by atoms with van der Waals surface area (Å²) in [4.78, 5) is 12.6. The van der Waals surface area contributed by atoms with E-state index in [1.54, 1.807) is 0 Å². The van der Waals surface area contributed by atoms with Crippen LogP contribution in [0.3, 0.4) is 0 Å². The van der Waals surface area contributed by atoms with Gasteiger partial charge in [0.15, 0.2) is 0 Å². The number of ether oxygens (including phenoxy) is 1. The predicted molar refractivity (Wildman–Crippen MR) is 129 cm³/mol. The molecule has 0 radical (unpaired) electrons. The van der Waals surface area contributed by atoms with Crippen molar-refractivity contribution in [2.24, 2.45) is 0 Å². The quantitative estimate of drug-likeness (QED) is 0.402. The Labute approximate surface area is 188 Å². The van der Waals surface area contributed by atoms with E-state index >= 15 is 0 Å². The summed E-state index contributed by atoms with van der Waals surface area (Å²) >= 11 is 3.58. The van der Waals surface area contributed by atoms with Crippen molar-refractivity contribution in [2.45, 2.75) is 47.3 Å². The summed E-state index contributed by atoms with van der Waals surface area (Å²) in [5, 5.41) is 3.48. The van der Waals surface area contributed by atoms with Crippen LogP contribution in [-0.4, -0.2) is 5.97 Å². The van der Waals surface area contributed by atoms with Crippen LogP contribution in [0.25, 0.3) is 0 Å². The van der Waals surface area contributed by atoms with Gasteiger partial charge in [0.2, 0.25) is 5.72 Å². The lowest BCUT2D eigenvalue weighted by Gasteiger charge is -2.32. The van der Waals surface area contributed by atoms with Crippen molar-refractivity contribution in [2.75, 3.05) is 5.32 Å². The van der Waals surface area contributed by atoms with Gasteiger partial charge in [0.05, 0.1) is 11.3 Å². The van der Waals surface area contributed by atoms with Gasteiger partial charge in [0.25, 0.3) is 0 Å². The molecule has 4 rings (SSSR count). The van der Waals surface area contributed by atoms with Crippen molar-refractivity contribution in [1.29, 1.82) is 0 Å². The summed E-state index contributed by atoms with van der Waals surface area (Å²) in [5.74, 6) is -0.321. The Morgan fingerprint density at radius 1 is 0.833 bits per heavy atom. The summed E-state index contributed by atoms with van der Waals surface area (Å²) in [6.07, 6.45) is 0. The molecule has 0 aromatic heterocycles. The van der Waals surface area contributed by atoms with Gasteiger partial charge >= 0.3 is 5.97 Å². The fourth-order valence-corrected chi connectivity index (χ4v) is 3.69. The maximum Gasteiger partial charge on any atom is 0.341 e. The number of fused-ring (bicyclic) bond motifs is 1. The van der Waals surface area contributed by atoms with Crippen molar-refractivity contribution >= 4 is 27.6 Å². The number of carbonyl (C=O) groups excluding carboxylic acids is 1. The zero-order valence-electron chi connectivity index (χ0n) is 18.5. The van der Waals surface area contributed by atoms with Crippen molar-refractivity contribution in [3.05, 3.63) is 99.0 Å². The monoisotopic (exact) mass is 467 g/mol. The first-order valence-corrected chi connectivity index (χ1v) is 11.2. The largest absolute Gasteiger partial charge is 0.427 e. The molecule has 0 spiro atoms. The molecule has 30 heavy (non-hydrogen) atoms. The predicted octanol–water partition coefficient (Wildman–Crippen LogP) is 7.60. The summed E-state index contributed by atoms with van der Waals surface area (Å²) in [5.41, 5.74) is 4.45.